The monoisotopic (exact) mass is 596 g/mol. The summed E-state index contributed by atoms with van der Waals surface area (Å²) in [5, 5.41) is 17.6. The maximum absolute atomic E-state index is 12.6. The largest absolute Gasteiger partial charge is 0.540 e. The number of hydrogen-bond acceptors (Lipinski definition) is 12. The first-order valence-electron chi connectivity index (χ1n) is 12.9. The molecule has 226 valence electrons. The molecule has 3 rings (SSSR count). The predicted octanol–water partition coefficient (Wildman–Crippen LogP) is -0.491. The van der Waals surface area contributed by atoms with Crippen molar-refractivity contribution in [1.82, 2.24) is 30.6 Å². The number of nitrogen functional groups attached to an aromatic ring is 1. The van der Waals surface area contributed by atoms with Crippen molar-refractivity contribution in [1.29, 1.82) is 0 Å². The molecule has 0 radical (unpaired) electrons. The maximum atomic E-state index is 12.6. The van der Waals surface area contributed by atoms with Crippen molar-refractivity contribution in [2.75, 3.05) is 44.0 Å². The highest BCUT2D eigenvalue weighted by atomic mass is 16.5. The van der Waals surface area contributed by atoms with Crippen LogP contribution in [0.2, 0.25) is 0 Å². The fraction of sp³-hybridized carbons (Fsp3) is 0.346. The Morgan fingerprint density at radius 2 is 1.84 bits per heavy atom. The lowest BCUT2D eigenvalue weighted by atomic mass is 10.1. The van der Waals surface area contributed by atoms with Gasteiger partial charge in [-0.3, -0.25) is 19.4 Å². The van der Waals surface area contributed by atoms with Crippen molar-refractivity contribution in [3.05, 3.63) is 56.9 Å². The topological polar surface area (TPSA) is 245 Å². The summed E-state index contributed by atoms with van der Waals surface area (Å²) in [6.45, 7) is 5.45. The summed E-state index contributed by atoms with van der Waals surface area (Å²) in [7, 11) is 0. The molecule has 7 N–H and O–H groups in total. The van der Waals surface area contributed by atoms with E-state index in [0.717, 1.165) is 0 Å². The molecule has 2 heterocycles. The number of benzene rings is 1. The summed E-state index contributed by atoms with van der Waals surface area (Å²) in [5.41, 5.74) is 6.48. The van der Waals surface area contributed by atoms with Gasteiger partial charge in [-0.15, -0.1) is 0 Å². The van der Waals surface area contributed by atoms with E-state index in [1.165, 1.54) is 18.3 Å². The number of carboxylic acids is 1. The molecule has 0 saturated carbocycles. The second-order valence-electron chi connectivity index (χ2n) is 8.86. The highest BCUT2D eigenvalue weighted by molar-refractivity contribution is 5.97. The number of carbonyl (C=O) groups is 4. The third-order valence-corrected chi connectivity index (χ3v) is 5.68. The van der Waals surface area contributed by atoms with Crippen LogP contribution in [0.4, 0.5) is 11.6 Å². The Bertz CT molecular complexity index is 1550. The number of nitrogens with one attached hydrogen (secondary N) is 4. The van der Waals surface area contributed by atoms with E-state index >= 15 is 0 Å². The number of carbonyl (C=O) groups excluding carboxylic acids is 3. The average Bonchev–Trinajstić information content (AvgIpc) is 2.99. The second kappa shape index (κ2) is 16.1. The maximum Gasteiger partial charge on any atom is 0.540 e. The molecule has 0 bridgehead atoms. The van der Waals surface area contributed by atoms with Crippen LogP contribution in [0.25, 0.3) is 16.0 Å². The molecule has 17 heteroatoms. The number of nitrogens with two attached hydrogens (primary N) is 1. The van der Waals surface area contributed by atoms with Gasteiger partial charge in [0.25, 0.3) is 18.0 Å². The number of hydrogen-bond donors (Lipinski definition) is 6. The lowest BCUT2D eigenvalue weighted by molar-refractivity contribution is -0.139. The predicted molar refractivity (Wildman–Crippen MR) is 152 cm³/mol. The zero-order valence-corrected chi connectivity index (χ0v) is 22.9. The number of rotatable bonds is 17. The van der Waals surface area contributed by atoms with Crippen molar-refractivity contribution < 1.29 is 33.8 Å². The second-order valence-corrected chi connectivity index (χ2v) is 8.86. The van der Waals surface area contributed by atoms with Gasteiger partial charge in [0.05, 0.1) is 38.3 Å². The van der Waals surface area contributed by atoms with Crippen LogP contribution in [-0.2, 0) is 30.4 Å². The molecule has 0 aliphatic heterocycles. The van der Waals surface area contributed by atoms with Gasteiger partial charge in [0.1, 0.15) is 6.04 Å². The van der Waals surface area contributed by atoms with E-state index < -0.39 is 35.3 Å². The standard InChI is InChI=1S/C26H29N9O8/c1-28-20(37)14-43-11-10-42-9-8-29-19(36)7-6-18(25(40)41)33-23(38)15-2-4-16(5-3-15)30-12-17-13-31-22-21(32-17)24(39)35-26(27)34-22/h1-5,13,18H,6-12,14H2,(H6-,27,29,30,31,33,34,35,36,38,39,40,41)/p+1/t18-/m1/s1. The summed E-state index contributed by atoms with van der Waals surface area (Å²) in [6, 6.07) is 4.95. The zero-order valence-electron chi connectivity index (χ0n) is 22.9. The van der Waals surface area contributed by atoms with Gasteiger partial charge in [-0.2, -0.15) is 9.78 Å². The number of fused-ring (bicyclic) bond motifs is 1. The van der Waals surface area contributed by atoms with Crippen molar-refractivity contribution in [2.45, 2.75) is 25.4 Å². The minimum atomic E-state index is -1.29. The quantitative estimate of drug-likeness (QED) is 0.108. The Hall–Kier alpha value is -5.47. The van der Waals surface area contributed by atoms with Gasteiger partial charge in [0.2, 0.25) is 11.9 Å². The average molecular weight is 597 g/mol. The van der Waals surface area contributed by atoms with Gasteiger partial charge in [-0.25, -0.2) is 14.8 Å². The number of nitrogens with zero attached hydrogens (tertiary/aromatic N) is 4. The Morgan fingerprint density at radius 1 is 1.09 bits per heavy atom. The van der Waals surface area contributed by atoms with Crippen LogP contribution in [0.3, 0.4) is 0 Å². The normalized spacial score (nSPS) is 11.3. The third kappa shape index (κ3) is 10.5. The van der Waals surface area contributed by atoms with Crippen LogP contribution in [-0.4, -0.2) is 87.7 Å². The van der Waals surface area contributed by atoms with Crippen molar-refractivity contribution in [3.8, 4) is 6.57 Å². The van der Waals surface area contributed by atoms with Crippen LogP contribution in [0.15, 0.2) is 35.3 Å². The van der Waals surface area contributed by atoms with Gasteiger partial charge in [0.15, 0.2) is 17.8 Å². The van der Waals surface area contributed by atoms with E-state index in [1.54, 1.807) is 12.1 Å². The molecule has 43 heavy (non-hydrogen) atoms. The summed E-state index contributed by atoms with van der Waals surface area (Å²) in [5.74, 6) is -2.96. The zero-order chi connectivity index (χ0) is 31.2. The molecule has 0 unspecified atom stereocenters. The molecule has 1 atom stereocenters. The first-order chi connectivity index (χ1) is 20.7. The van der Waals surface area contributed by atoms with E-state index in [-0.39, 0.29) is 75.0 Å². The molecule has 0 fully saturated rings. The van der Waals surface area contributed by atoms with E-state index in [2.05, 4.69) is 40.7 Å². The molecule has 17 nitrogen and oxygen atoms in total. The van der Waals surface area contributed by atoms with Crippen LogP contribution >= 0.6 is 0 Å². The van der Waals surface area contributed by atoms with Gasteiger partial charge >= 0.3 is 11.9 Å². The Balaban J connectivity index is 1.39. The van der Waals surface area contributed by atoms with Crippen LogP contribution in [0.1, 0.15) is 28.9 Å². The molecule has 2 aromatic heterocycles. The van der Waals surface area contributed by atoms with E-state index in [0.29, 0.717) is 11.4 Å². The fourth-order valence-electron chi connectivity index (χ4n) is 3.53. The lowest BCUT2D eigenvalue weighted by Crippen LogP contribution is -2.41. The lowest BCUT2D eigenvalue weighted by Gasteiger charge is -2.15. The molecule has 3 aromatic rings. The van der Waals surface area contributed by atoms with Gasteiger partial charge in [-0.1, -0.05) is 0 Å². The summed E-state index contributed by atoms with van der Waals surface area (Å²) in [4.78, 5) is 76.7. The molecular weight excluding hydrogens is 566 g/mol. The van der Waals surface area contributed by atoms with Crippen molar-refractivity contribution in [3.63, 3.8) is 0 Å². The van der Waals surface area contributed by atoms with E-state index in [1.807, 2.05) is 0 Å². The number of aromatic nitrogens is 4. The van der Waals surface area contributed by atoms with Crippen LogP contribution in [0, 0.1) is 6.57 Å². The molecule has 0 spiro atoms. The molecule has 0 saturated heterocycles. The fourth-order valence-corrected chi connectivity index (χ4v) is 3.53. The van der Waals surface area contributed by atoms with Crippen LogP contribution in [0.5, 0.6) is 0 Å². The van der Waals surface area contributed by atoms with Crippen LogP contribution < -0.4 is 27.2 Å². The number of ether oxygens (including phenoxy) is 2. The molecule has 1 aromatic carbocycles. The van der Waals surface area contributed by atoms with E-state index in [4.69, 9.17) is 21.8 Å². The number of anilines is 2. The number of amides is 3. The van der Waals surface area contributed by atoms with Crippen molar-refractivity contribution in [2.24, 2.45) is 0 Å². The Labute approximate surface area is 244 Å². The minimum absolute atomic E-state index is 0.0497. The smallest absolute Gasteiger partial charge is 0.480 e. The first kappa shape index (κ1) is 32.0. The van der Waals surface area contributed by atoms with Gasteiger partial charge in [0, 0.05) is 29.1 Å². The Morgan fingerprint density at radius 3 is 2.56 bits per heavy atom. The molecule has 0 aliphatic carbocycles. The Kier molecular flexibility index (Phi) is 12.0. The highest BCUT2D eigenvalue weighted by Crippen LogP contribution is 2.12. The van der Waals surface area contributed by atoms with Gasteiger partial charge < -0.3 is 36.3 Å². The minimum Gasteiger partial charge on any atom is -0.480 e. The number of H-pyrrole nitrogens is 1. The van der Waals surface area contributed by atoms with Crippen molar-refractivity contribution >= 4 is 46.5 Å². The SMILES string of the molecule is C#[N+]C(=O)COCCOCCNC(=O)CC[C@@H](NC(=O)c1ccc(NCc2cnc3nc(N)[nH]c(=O)c3n2)cc1)C(=O)O. The van der Waals surface area contributed by atoms with E-state index in [9.17, 15) is 29.1 Å². The summed E-state index contributed by atoms with van der Waals surface area (Å²) < 4.78 is 10.2. The van der Waals surface area contributed by atoms with Gasteiger partial charge in [-0.05, 0) is 30.7 Å². The highest BCUT2D eigenvalue weighted by Gasteiger charge is 2.22. The molecule has 0 aliphatic rings. The number of aromatic amines is 1. The summed E-state index contributed by atoms with van der Waals surface area (Å²) in [6.07, 6.45) is 1.19. The molecule has 3 amide bonds. The third-order valence-electron chi connectivity index (χ3n) is 5.68. The first-order valence-corrected chi connectivity index (χ1v) is 12.9. The summed E-state index contributed by atoms with van der Waals surface area (Å²) >= 11 is 0. The molecular formula is C26H30N9O8+. The number of carboxylic acid groups (broad SMARTS) is 1. The number of aliphatic carboxylic acids is 1.